The van der Waals surface area contributed by atoms with Crippen LogP contribution in [0.2, 0.25) is 0 Å². The molecule has 1 aromatic carbocycles. The van der Waals surface area contributed by atoms with Gasteiger partial charge in [0.25, 0.3) is 5.69 Å². The molecule has 120 valence electrons. The Kier molecular flexibility index (Phi) is 4.61. The zero-order valence-electron chi connectivity index (χ0n) is 12.3. The predicted octanol–water partition coefficient (Wildman–Crippen LogP) is 1.93. The Morgan fingerprint density at radius 2 is 1.78 bits per heavy atom. The van der Waals surface area contributed by atoms with Crippen LogP contribution in [0.15, 0.2) is 30.6 Å². The van der Waals surface area contributed by atoms with E-state index in [1.54, 1.807) is 14.1 Å². The molecule has 0 spiro atoms. The second kappa shape index (κ2) is 6.62. The van der Waals surface area contributed by atoms with Crippen LogP contribution in [0.25, 0.3) is 0 Å². The van der Waals surface area contributed by atoms with Gasteiger partial charge in [-0.15, -0.1) is 0 Å². The lowest BCUT2D eigenvalue weighted by Crippen LogP contribution is -2.21. The van der Waals surface area contributed by atoms with Crippen molar-refractivity contribution in [2.75, 3.05) is 24.8 Å². The summed E-state index contributed by atoms with van der Waals surface area (Å²) in [7, 11) is 3.30. The summed E-state index contributed by atoms with van der Waals surface area (Å²) in [6, 6.07) is 5.58. The fourth-order valence-corrected chi connectivity index (χ4v) is 1.77. The van der Waals surface area contributed by atoms with Crippen LogP contribution in [-0.2, 0) is 0 Å². The number of hydrogen-bond acceptors (Lipinski definition) is 9. The summed E-state index contributed by atoms with van der Waals surface area (Å²) in [4.78, 5) is 28.6. The standard InChI is InChI=1S/C12H13N7O4/c1-17(2)16-12-10(19(22)23)11(13-7-14-12)15-8-4-3-5-9(6-8)18(20)21/h3-7H,1-2H3,(H2,13,14,15,16). The first-order valence-corrected chi connectivity index (χ1v) is 6.33. The van der Waals surface area contributed by atoms with Crippen LogP contribution < -0.4 is 10.7 Å². The molecule has 0 radical (unpaired) electrons. The zero-order chi connectivity index (χ0) is 17.0. The molecule has 2 aromatic rings. The van der Waals surface area contributed by atoms with Crippen molar-refractivity contribution in [3.8, 4) is 0 Å². The fourth-order valence-electron chi connectivity index (χ4n) is 1.77. The van der Waals surface area contributed by atoms with Gasteiger partial charge in [-0.3, -0.25) is 25.7 Å². The van der Waals surface area contributed by atoms with E-state index in [9.17, 15) is 20.2 Å². The Morgan fingerprint density at radius 3 is 2.39 bits per heavy atom. The molecule has 11 heteroatoms. The molecule has 11 nitrogen and oxygen atoms in total. The number of hydrogen-bond donors (Lipinski definition) is 2. The molecule has 1 aromatic heterocycles. The van der Waals surface area contributed by atoms with E-state index in [-0.39, 0.29) is 23.0 Å². The highest BCUT2D eigenvalue weighted by Gasteiger charge is 2.23. The first kappa shape index (κ1) is 16.0. The highest BCUT2D eigenvalue weighted by atomic mass is 16.6. The number of rotatable bonds is 6. The number of aromatic nitrogens is 2. The lowest BCUT2D eigenvalue weighted by molar-refractivity contribution is -0.384. The second-order valence-corrected chi connectivity index (χ2v) is 4.62. The molecule has 0 saturated heterocycles. The van der Waals surface area contributed by atoms with Gasteiger partial charge >= 0.3 is 5.69 Å². The molecule has 23 heavy (non-hydrogen) atoms. The van der Waals surface area contributed by atoms with Crippen LogP contribution in [0.4, 0.5) is 28.7 Å². The summed E-state index contributed by atoms with van der Waals surface area (Å²) >= 11 is 0. The van der Waals surface area contributed by atoms with Gasteiger partial charge in [-0.05, 0) is 6.07 Å². The largest absolute Gasteiger partial charge is 0.354 e. The second-order valence-electron chi connectivity index (χ2n) is 4.62. The van der Waals surface area contributed by atoms with E-state index in [1.807, 2.05) is 0 Å². The van der Waals surface area contributed by atoms with Gasteiger partial charge in [-0.25, -0.2) is 15.0 Å². The first-order chi connectivity index (χ1) is 10.9. The van der Waals surface area contributed by atoms with E-state index in [0.717, 1.165) is 6.33 Å². The van der Waals surface area contributed by atoms with Crippen LogP contribution in [0.5, 0.6) is 0 Å². The van der Waals surface area contributed by atoms with Crippen molar-refractivity contribution in [2.45, 2.75) is 0 Å². The quantitative estimate of drug-likeness (QED) is 0.603. The maximum absolute atomic E-state index is 11.3. The number of nitrogens with one attached hydrogen (secondary N) is 2. The van der Waals surface area contributed by atoms with Crippen molar-refractivity contribution < 1.29 is 9.85 Å². The summed E-state index contributed by atoms with van der Waals surface area (Å²) in [5, 5.41) is 26.3. The fraction of sp³-hybridized carbons (Fsp3) is 0.167. The number of nitrogens with zero attached hydrogens (tertiary/aromatic N) is 5. The minimum Gasteiger partial charge on any atom is -0.334 e. The molecule has 0 aliphatic carbocycles. The summed E-state index contributed by atoms with van der Waals surface area (Å²) in [6.07, 6.45) is 1.15. The van der Waals surface area contributed by atoms with Gasteiger partial charge in [0.1, 0.15) is 6.33 Å². The average molecular weight is 319 g/mol. The molecule has 0 aliphatic rings. The van der Waals surface area contributed by atoms with Crippen LogP contribution in [0.3, 0.4) is 0 Å². The van der Waals surface area contributed by atoms with Gasteiger partial charge in [0.2, 0.25) is 11.6 Å². The highest BCUT2D eigenvalue weighted by Crippen LogP contribution is 2.31. The molecular weight excluding hydrogens is 306 g/mol. The van der Waals surface area contributed by atoms with Gasteiger partial charge < -0.3 is 5.32 Å². The number of anilines is 3. The molecule has 0 unspecified atom stereocenters. The number of non-ortho nitro benzene ring substituents is 1. The number of nitro benzene ring substituents is 1. The Hall–Kier alpha value is -3.34. The van der Waals surface area contributed by atoms with Crippen LogP contribution >= 0.6 is 0 Å². The SMILES string of the molecule is CN(C)Nc1ncnc(Nc2cccc([N+](=O)[O-])c2)c1[N+](=O)[O-]. The third kappa shape index (κ3) is 3.85. The maximum Gasteiger partial charge on any atom is 0.354 e. The smallest absolute Gasteiger partial charge is 0.334 e. The van der Waals surface area contributed by atoms with Crippen molar-refractivity contribution in [3.63, 3.8) is 0 Å². The summed E-state index contributed by atoms with van der Waals surface area (Å²) in [5.41, 5.74) is 2.50. The minimum absolute atomic E-state index is 0.00271. The van der Waals surface area contributed by atoms with Gasteiger partial charge in [0.05, 0.1) is 9.85 Å². The highest BCUT2D eigenvalue weighted by molar-refractivity contribution is 5.74. The van der Waals surface area contributed by atoms with E-state index in [0.29, 0.717) is 5.69 Å². The molecular formula is C12H13N7O4. The number of hydrazine groups is 1. The zero-order valence-corrected chi connectivity index (χ0v) is 12.3. The molecule has 0 bridgehead atoms. The monoisotopic (exact) mass is 319 g/mol. The lowest BCUT2D eigenvalue weighted by atomic mass is 10.3. The Bertz CT molecular complexity index is 750. The van der Waals surface area contributed by atoms with E-state index in [4.69, 9.17) is 0 Å². The van der Waals surface area contributed by atoms with Crippen molar-refractivity contribution in [3.05, 3.63) is 50.8 Å². The molecule has 1 heterocycles. The van der Waals surface area contributed by atoms with E-state index in [2.05, 4.69) is 20.7 Å². The Balaban J connectivity index is 2.41. The molecule has 0 atom stereocenters. The van der Waals surface area contributed by atoms with Gasteiger partial charge in [-0.2, -0.15) is 0 Å². The Labute approximate surface area is 130 Å². The molecule has 0 aliphatic heterocycles. The first-order valence-electron chi connectivity index (χ1n) is 6.33. The third-order valence-corrected chi connectivity index (χ3v) is 2.65. The van der Waals surface area contributed by atoms with Gasteiger partial charge in [0.15, 0.2) is 0 Å². The number of benzene rings is 1. The topological polar surface area (TPSA) is 139 Å². The molecule has 2 rings (SSSR count). The van der Waals surface area contributed by atoms with Crippen LogP contribution in [0.1, 0.15) is 0 Å². The number of nitro groups is 2. The Morgan fingerprint density at radius 1 is 1.09 bits per heavy atom. The summed E-state index contributed by atoms with van der Waals surface area (Å²) in [5.74, 6) is -0.0715. The summed E-state index contributed by atoms with van der Waals surface area (Å²) < 4.78 is 0. The normalized spacial score (nSPS) is 10.4. The predicted molar refractivity (Wildman–Crippen MR) is 82.4 cm³/mol. The third-order valence-electron chi connectivity index (χ3n) is 2.65. The summed E-state index contributed by atoms with van der Waals surface area (Å²) in [6.45, 7) is 0. The van der Waals surface area contributed by atoms with E-state index >= 15 is 0 Å². The van der Waals surface area contributed by atoms with Crippen molar-refractivity contribution in [1.29, 1.82) is 0 Å². The average Bonchev–Trinajstić information content (AvgIpc) is 2.46. The molecule has 2 N–H and O–H groups in total. The molecule has 0 amide bonds. The minimum atomic E-state index is -0.633. The van der Waals surface area contributed by atoms with Crippen molar-refractivity contribution in [1.82, 2.24) is 15.0 Å². The molecule has 0 fully saturated rings. The maximum atomic E-state index is 11.3. The van der Waals surface area contributed by atoms with Crippen molar-refractivity contribution >= 4 is 28.7 Å². The van der Waals surface area contributed by atoms with E-state index < -0.39 is 9.85 Å². The van der Waals surface area contributed by atoms with Crippen molar-refractivity contribution in [2.24, 2.45) is 0 Å². The lowest BCUT2D eigenvalue weighted by Gasteiger charge is -2.13. The van der Waals surface area contributed by atoms with Crippen LogP contribution in [0, 0.1) is 20.2 Å². The van der Waals surface area contributed by atoms with Gasteiger partial charge in [-0.1, -0.05) is 6.07 Å². The molecule has 0 saturated carbocycles. The van der Waals surface area contributed by atoms with Crippen LogP contribution in [-0.4, -0.2) is 38.9 Å². The van der Waals surface area contributed by atoms with E-state index in [1.165, 1.54) is 29.3 Å². The van der Waals surface area contributed by atoms with Gasteiger partial charge in [0, 0.05) is 31.9 Å².